The van der Waals surface area contributed by atoms with Crippen molar-refractivity contribution in [3.63, 3.8) is 0 Å². The molecule has 1 aromatic rings. The maximum Gasteiger partial charge on any atom is 0.338 e. The van der Waals surface area contributed by atoms with E-state index in [1.165, 1.54) is 23.3 Å². The molecule has 0 spiro atoms. The second kappa shape index (κ2) is 5.97. The van der Waals surface area contributed by atoms with Gasteiger partial charge in [-0.3, -0.25) is 4.90 Å². The molecule has 108 valence electrons. The number of allylic oxidation sites excluding steroid dienone is 1. The lowest BCUT2D eigenvalue weighted by Crippen LogP contribution is -2.47. The summed E-state index contributed by atoms with van der Waals surface area (Å²) < 4.78 is 5.79. The van der Waals surface area contributed by atoms with Gasteiger partial charge in [0.2, 0.25) is 0 Å². The number of rotatable bonds is 3. The van der Waals surface area contributed by atoms with Gasteiger partial charge in [0.1, 0.15) is 0 Å². The molecule has 1 N–H and O–H groups in total. The van der Waals surface area contributed by atoms with Crippen LogP contribution in [0.3, 0.4) is 0 Å². The molecule has 7 heteroatoms. The Hall–Kier alpha value is -1.34. The maximum atomic E-state index is 12.1. The van der Waals surface area contributed by atoms with Crippen LogP contribution < -0.4 is 5.32 Å². The Kier molecular flexibility index (Phi) is 4.49. The summed E-state index contributed by atoms with van der Waals surface area (Å²) in [4.78, 5) is 26.6. The number of nitrogens with one attached hydrogen (secondary N) is 1. The van der Waals surface area contributed by atoms with Gasteiger partial charge in [-0.15, -0.1) is 11.3 Å². The van der Waals surface area contributed by atoms with Crippen LogP contribution >= 0.6 is 27.3 Å². The smallest absolute Gasteiger partial charge is 0.338 e. The molecule has 1 unspecified atom stereocenters. The summed E-state index contributed by atoms with van der Waals surface area (Å²) in [6.45, 7) is 4.13. The molecule has 0 aliphatic carbocycles. The van der Waals surface area contributed by atoms with Crippen molar-refractivity contribution in [1.82, 2.24) is 10.2 Å². The Bertz CT molecular complexity index is 582. The Morgan fingerprint density at radius 1 is 1.60 bits per heavy atom. The minimum Gasteiger partial charge on any atom is -0.466 e. The summed E-state index contributed by atoms with van der Waals surface area (Å²) in [6.07, 6.45) is 0. The number of nitrogens with zero attached hydrogens (tertiary/aromatic N) is 1. The van der Waals surface area contributed by atoms with E-state index in [-0.39, 0.29) is 6.03 Å². The first-order valence-corrected chi connectivity index (χ1v) is 7.77. The lowest BCUT2D eigenvalue weighted by molar-refractivity contribution is -0.136. The molecule has 5 nitrogen and oxygen atoms in total. The number of ether oxygens (including phenoxy) is 1. The molecule has 0 aromatic carbocycles. The van der Waals surface area contributed by atoms with Crippen molar-refractivity contribution in [1.29, 1.82) is 0 Å². The highest BCUT2D eigenvalue weighted by Crippen LogP contribution is 2.35. The number of esters is 1. The van der Waals surface area contributed by atoms with Crippen molar-refractivity contribution in [2.75, 3.05) is 13.7 Å². The number of amides is 2. The van der Waals surface area contributed by atoms with Crippen LogP contribution in [0.1, 0.15) is 24.8 Å². The van der Waals surface area contributed by atoms with E-state index >= 15 is 0 Å². The normalized spacial score (nSPS) is 19.1. The van der Waals surface area contributed by atoms with Crippen LogP contribution in [-0.4, -0.2) is 30.6 Å². The predicted molar refractivity (Wildman–Crippen MR) is 80.4 cm³/mol. The van der Waals surface area contributed by atoms with Gasteiger partial charge in [-0.2, -0.15) is 0 Å². The van der Waals surface area contributed by atoms with Crippen LogP contribution in [0.15, 0.2) is 27.2 Å². The highest BCUT2D eigenvalue weighted by molar-refractivity contribution is 9.10. The van der Waals surface area contributed by atoms with E-state index in [1.54, 1.807) is 6.92 Å². The van der Waals surface area contributed by atoms with Crippen LogP contribution in [0.25, 0.3) is 0 Å². The molecular weight excluding hydrogens is 344 g/mol. The summed E-state index contributed by atoms with van der Waals surface area (Å²) in [7, 11) is 1.34. The molecule has 1 aliphatic heterocycles. The van der Waals surface area contributed by atoms with Crippen molar-refractivity contribution >= 4 is 39.3 Å². The van der Waals surface area contributed by atoms with Crippen LogP contribution in [0.5, 0.6) is 0 Å². The third-order valence-electron chi connectivity index (χ3n) is 3.19. The van der Waals surface area contributed by atoms with E-state index < -0.39 is 12.0 Å². The fourth-order valence-electron chi connectivity index (χ4n) is 2.23. The molecule has 1 aromatic heterocycles. The predicted octanol–water partition coefficient (Wildman–Crippen LogP) is 3.04. The van der Waals surface area contributed by atoms with Gasteiger partial charge in [0.15, 0.2) is 0 Å². The largest absolute Gasteiger partial charge is 0.466 e. The van der Waals surface area contributed by atoms with Gasteiger partial charge in [-0.25, -0.2) is 9.59 Å². The highest BCUT2D eigenvalue weighted by atomic mass is 79.9. The van der Waals surface area contributed by atoms with E-state index in [0.717, 1.165) is 9.35 Å². The molecule has 20 heavy (non-hydrogen) atoms. The van der Waals surface area contributed by atoms with Crippen LogP contribution in [0.2, 0.25) is 0 Å². The third-order valence-corrected chi connectivity index (χ3v) is 4.95. The second-order valence-corrected chi connectivity index (χ2v) is 6.14. The first kappa shape index (κ1) is 15.1. The number of thiophene rings is 1. The zero-order chi connectivity index (χ0) is 14.9. The minimum atomic E-state index is -0.464. The van der Waals surface area contributed by atoms with Crippen molar-refractivity contribution in [2.24, 2.45) is 0 Å². The Morgan fingerprint density at radius 3 is 2.80 bits per heavy atom. The minimum absolute atomic E-state index is 0.202. The fourth-order valence-corrected chi connectivity index (χ4v) is 3.73. The fraction of sp³-hybridized carbons (Fsp3) is 0.385. The van der Waals surface area contributed by atoms with Gasteiger partial charge in [-0.05, 0) is 35.8 Å². The zero-order valence-corrected chi connectivity index (χ0v) is 13.8. The molecule has 1 atom stereocenters. The Labute approximate surface area is 129 Å². The van der Waals surface area contributed by atoms with Crippen molar-refractivity contribution in [3.8, 4) is 0 Å². The Balaban J connectivity index is 2.52. The number of hydrogen-bond acceptors (Lipinski definition) is 4. The number of halogens is 1. The third kappa shape index (κ3) is 2.60. The van der Waals surface area contributed by atoms with E-state index in [4.69, 9.17) is 4.74 Å². The van der Waals surface area contributed by atoms with Gasteiger partial charge in [0.05, 0.1) is 18.7 Å². The molecule has 0 fully saturated rings. The van der Waals surface area contributed by atoms with Crippen LogP contribution in [-0.2, 0) is 9.53 Å². The molecule has 0 bridgehead atoms. The number of hydrogen-bond donors (Lipinski definition) is 1. The van der Waals surface area contributed by atoms with Gasteiger partial charge in [-0.1, -0.05) is 0 Å². The monoisotopic (exact) mass is 358 g/mol. The first-order valence-electron chi connectivity index (χ1n) is 6.10. The van der Waals surface area contributed by atoms with Crippen LogP contribution in [0.4, 0.5) is 4.79 Å². The quantitative estimate of drug-likeness (QED) is 0.844. The summed E-state index contributed by atoms with van der Waals surface area (Å²) >= 11 is 4.86. The molecular formula is C13H15BrN2O3S. The number of carbonyl (C=O) groups excluding carboxylic acids is 2. The summed E-state index contributed by atoms with van der Waals surface area (Å²) in [6, 6.07) is 1.23. The average molecular weight is 359 g/mol. The summed E-state index contributed by atoms with van der Waals surface area (Å²) in [5.41, 5.74) is 1.11. The standard InChI is InChI=1S/C13H15BrN2O3S/c1-4-16-7(2)10(12(17)19-3)11(15-13(16)18)9-5-8(14)6-20-9/h5-6,11H,4H2,1-3H3,(H,15,18). The van der Waals surface area contributed by atoms with Gasteiger partial charge >= 0.3 is 12.0 Å². The molecule has 0 radical (unpaired) electrons. The first-order chi connectivity index (χ1) is 9.49. The second-order valence-electron chi connectivity index (χ2n) is 4.28. The number of methoxy groups -OCH3 is 1. The topological polar surface area (TPSA) is 58.6 Å². The molecule has 2 heterocycles. The summed E-state index contributed by atoms with van der Waals surface area (Å²) in [5, 5.41) is 4.78. The van der Waals surface area contributed by atoms with E-state index in [2.05, 4.69) is 21.2 Å². The lowest BCUT2D eigenvalue weighted by Gasteiger charge is -2.34. The van der Waals surface area contributed by atoms with E-state index in [9.17, 15) is 9.59 Å². The Morgan fingerprint density at radius 2 is 2.30 bits per heavy atom. The SMILES string of the molecule is CCN1C(=O)NC(c2cc(Br)cs2)C(C(=O)OC)=C1C. The van der Waals surface area contributed by atoms with Crippen molar-refractivity contribution in [3.05, 3.63) is 32.1 Å². The van der Waals surface area contributed by atoms with E-state index in [1.807, 2.05) is 18.4 Å². The number of urea groups is 1. The average Bonchev–Trinajstić information content (AvgIpc) is 2.84. The molecule has 1 aliphatic rings. The zero-order valence-electron chi connectivity index (χ0n) is 11.4. The molecule has 0 saturated heterocycles. The maximum absolute atomic E-state index is 12.1. The highest BCUT2D eigenvalue weighted by Gasteiger charge is 2.36. The molecule has 0 saturated carbocycles. The molecule has 2 amide bonds. The van der Waals surface area contributed by atoms with E-state index in [0.29, 0.717) is 17.8 Å². The van der Waals surface area contributed by atoms with Crippen LogP contribution in [0, 0.1) is 0 Å². The van der Waals surface area contributed by atoms with Crippen molar-refractivity contribution < 1.29 is 14.3 Å². The van der Waals surface area contributed by atoms with Gasteiger partial charge in [0.25, 0.3) is 0 Å². The van der Waals surface area contributed by atoms with Gasteiger partial charge < -0.3 is 10.1 Å². The lowest BCUT2D eigenvalue weighted by atomic mass is 10.0. The summed E-state index contributed by atoms with van der Waals surface area (Å²) in [5.74, 6) is -0.421. The van der Waals surface area contributed by atoms with Crippen molar-refractivity contribution in [2.45, 2.75) is 19.9 Å². The van der Waals surface area contributed by atoms with Gasteiger partial charge in [0, 0.05) is 27.0 Å². The number of carbonyl (C=O) groups is 2. The molecule has 2 rings (SSSR count).